The van der Waals surface area contributed by atoms with E-state index in [0.717, 1.165) is 25.0 Å². The van der Waals surface area contributed by atoms with Crippen molar-refractivity contribution in [1.29, 1.82) is 0 Å². The zero-order chi connectivity index (χ0) is 19.3. The molecule has 144 valence electrons. The van der Waals surface area contributed by atoms with Crippen LogP contribution in [-0.4, -0.2) is 27.6 Å². The van der Waals surface area contributed by atoms with Gasteiger partial charge in [0.15, 0.2) is 5.82 Å². The van der Waals surface area contributed by atoms with Crippen molar-refractivity contribution >= 4 is 0 Å². The molecular weight excluding hydrogens is 355 g/mol. The van der Waals surface area contributed by atoms with Crippen molar-refractivity contribution in [3.63, 3.8) is 0 Å². The van der Waals surface area contributed by atoms with Gasteiger partial charge in [0.25, 0.3) is 0 Å². The van der Waals surface area contributed by atoms with E-state index in [0.29, 0.717) is 36.4 Å². The molecule has 1 aliphatic rings. The Balaban J connectivity index is 1.66. The van der Waals surface area contributed by atoms with Crippen LogP contribution in [0, 0.1) is 12.3 Å². The molecule has 2 aromatic rings. The van der Waals surface area contributed by atoms with Crippen molar-refractivity contribution in [2.24, 2.45) is 0 Å². The highest BCUT2D eigenvalue weighted by Gasteiger charge is 2.30. The highest BCUT2D eigenvalue weighted by atomic mass is 19.4. The quantitative estimate of drug-likeness (QED) is 0.698. The minimum Gasteiger partial charge on any atom is -0.338 e. The lowest BCUT2D eigenvalue weighted by atomic mass is 9.94. The van der Waals surface area contributed by atoms with Crippen LogP contribution in [0.4, 0.5) is 13.2 Å². The summed E-state index contributed by atoms with van der Waals surface area (Å²) in [5, 5.41) is 3.92. The van der Waals surface area contributed by atoms with Crippen molar-refractivity contribution in [3.8, 4) is 12.3 Å². The van der Waals surface area contributed by atoms with Gasteiger partial charge >= 0.3 is 6.18 Å². The Morgan fingerprint density at radius 3 is 2.70 bits per heavy atom. The molecule has 1 saturated carbocycles. The maximum absolute atomic E-state index is 12.8. The molecule has 0 saturated heterocycles. The maximum atomic E-state index is 12.8. The minimum atomic E-state index is -4.37. The lowest BCUT2D eigenvalue weighted by Gasteiger charge is -2.31. The molecule has 1 aromatic heterocycles. The van der Waals surface area contributed by atoms with Gasteiger partial charge in [-0.25, -0.2) is 0 Å². The molecule has 3 rings (SSSR count). The molecule has 0 radical (unpaired) electrons. The van der Waals surface area contributed by atoms with Crippen LogP contribution in [0.15, 0.2) is 28.8 Å². The fourth-order valence-electron chi connectivity index (χ4n) is 3.52. The molecular formula is C20H22F3N3O. The predicted molar refractivity (Wildman–Crippen MR) is 94.7 cm³/mol. The lowest BCUT2D eigenvalue weighted by molar-refractivity contribution is -0.137. The normalized spacial score (nSPS) is 15.8. The summed E-state index contributed by atoms with van der Waals surface area (Å²) in [6.45, 7) is 0.973. The Morgan fingerprint density at radius 2 is 2.00 bits per heavy atom. The summed E-state index contributed by atoms with van der Waals surface area (Å²) in [4.78, 5) is 6.51. The number of aromatic nitrogens is 2. The monoisotopic (exact) mass is 377 g/mol. The third-order valence-electron chi connectivity index (χ3n) is 4.85. The van der Waals surface area contributed by atoms with Gasteiger partial charge in [0, 0.05) is 12.5 Å². The molecule has 27 heavy (non-hydrogen) atoms. The van der Waals surface area contributed by atoms with Crippen LogP contribution in [-0.2, 0) is 19.1 Å². The summed E-state index contributed by atoms with van der Waals surface area (Å²) < 4.78 is 43.8. The number of rotatable bonds is 6. The molecule has 4 nitrogen and oxygen atoms in total. The summed E-state index contributed by atoms with van der Waals surface area (Å²) in [6.07, 6.45) is 7.16. The predicted octanol–water partition coefficient (Wildman–Crippen LogP) is 4.45. The number of alkyl halides is 3. The first-order valence-corrected chi connectivity index (χ1v) is 9.11. The SMILES string of the molecule is C#CCN(Cc1nc(Cc2cccc(C(F)(F)F)c2)no1)C1CCCCC1. The first kappa shape index (κ1) is 19.4. The van der Waals surface area contributed by atoms with E-state index in [1.54, 1.807) is 6.07 Å². The second-order valence-electron chi connectivity index (χ2n) is 6.88. The van der Waals surface area contributed by atoms with E-state index < -0.39 is 11.7 Å². The fraction of sp³-hybridized carbons (Fsp3) is 0.500. The van der Waals surface area contributed by atoms with Gasteiger partial charge in [-0.1, -0.05) is 48.5 Å². The number of benzene rings is 1. The molecule has 1 heterocycles. The van der Waals surface area contributed by atoms with Crippen LogP contribution in [0.5, 0.6) is 0 Å². The van der Waals surface area contributed by atoms with Gasteiger partial charge < -0.3 is 4.52 Å². The minimum absolute atomic E-state index is 0.186. The largest absolute Gasteiger partial charge is 0.416 e. The maximum Gasteiger partial charge on any atom is 0.416 e. The molecule has 0 atom stereocenters. The molecule has 0 aliphatic heterocycles. The van der Waals surface area contributed by atoms with E-state index in [1.165, 1.54) is 25.3 Å². The van der Waals surface area contributed by atoms with Gasteiger partial charge in [0.2, 0.25) is 5.89 Å². The van der Waals surface area contributed by atoms with Gasteiger partial charge in [-0.3, -0.25) is 4.90 Å². The zero-order valence-electron chi connectivity index (χ0n) is 15.0. The zero-order valence-corrected chi connectivity index (χ0v) is 15.0. The topological polar surface area (TPSA) is 42.2 Å². The van der Waals surface area contributed by atoms with Crippen molar-refractivity contribution in [3.05, 3.63) is 47.1 Å². The van der Waals surface area contributed by atoms with Crippen LogP contribution in [0.1, 0.15) is 54.9 Å². The van der Waals surface area contributed by atoms with Gasteiger partial charge in [-0.2, -0.15) is 18.2 Å². The average molecular weight is 377 g/mol. The van der Waals surface area contributed by atoms with E-state index in [4.69, 9.17) is 10.9 Å². The van der Waals surface area contributed by atoms with E-state index in [2.05, 4.69) is 21.0 Å². The first-order valence-electron chi connectivity index (χ1n) is 9.11. The average Bonchev–Trinajstić information content (AvgIpc) is 3.08. The molecule has 1 aliphatic carbocycles. The number of hydrogen-bond acceptors (Lipinski definition) is 4. The molecule has 0 unspecified atom stereocenters. The van der Waals surface area contributed by atoms with Crippen LogP contribution in [0.2, 0.25) is 0 Å². The van der Waals surface area contributed by atoms with Gasteiger partial charge in [0.05, 0.1) is 18.7 Å². The second kappa shape index (κ2) is 8.57. The molecule has 7 heteroatoms. The number of halogens is 3. The Bertz CT molecular complexity index is 788. The van der Waals surface area contributed by atoms with E-state index >= 15 is 0 Å². The molecule has 0 spiro atoms. The van der Waals surface area contributed by atoms with Gasteiger partial charge in [-0.15, -0.1) is 6.42 Å². The van der Waals surface area contributed by atoms with Crippen molar-refractivity contribution in [2.75, 3.05) is 6.54 Å². The standard InChI is InChI=1S/C20H22F3N3O/c1-2-11-26(17-9-4-3-5-10-17)14-19-24-18(25-27-19)13-15-7-6-8-16(12-15)20(21,22)23/h1,6-8,12,17H,3-5,9-11,13-14H2. The highest BCUT2D eigenvalue weighted by molar-refractivity contribution is 5.27. The summed E-state index contributed by atoms with van der Waals surface area (Å²) in [5.41, 5.74) is -0.189. The molecule has 0 bridgehead atoms. The molecule has 0 N–H and O–H groups in total. The molecule has 1 fully saturated rings. The Hall–Kier alpha value is -2.33. The summed E-state index contributed by atoms with van der Waals surface area (Å²) in [7, 11) is 0. The third-order valence-corrected chi connectivity index (χ3v) is 4.85. The Labute approximate surface area is 156 Å². The summed E-state index contributed by atoms with van der Waals surface area (Å²) in [5.74, 6) is 3.49. The number of terminal acetylenes is 1. The van der Waals surface area contributed by atoms with E-state index in [-0.39, 0.29) is 6.42 Å². The van der Waals surface area contributed by atoms with Crippen LogP contribution in [0.3, 0.4) is 0 Å². The Morgan fingerprint density at radius 1 is 1.22 bits per heavy atom. The third kappa shape index (κ3) is 5.33. The Kier molecular flexibility index (Phi) is 6.17. The smallest absolute Gasteiger partial charge is 0.338 e. The summed E-state index contributed by atoms with van der Waals surface area (Å²) >= 11 is 0. The number of hydrogen-bond donors (Lipinski definition) is 0. The van der Waals surface area contributed by atoms with Crippen LogP contribution in [0.25, 0.3) is 0 Å². The lowest BCUT2D eigenvalue weighted by Crippen LogP contribution is -2.36. The van der Waals surface area contributed by atoms with Gasteiger partial charge in [0.1, 0.15) is 0 Å². The van der Waals surface area contributed by atoms with E-state index in [9.17, 15) is 13.2 Å². The highest BCUT2D eigenvalue weighted by Crippen LogP contribution is 2.30. The van der Waals surface area contributed by atoms with Crippen LogP contribution < -0.4 is 0 Å². The van der Waals surface area contributed by atoms with Gasteiger partial charge in [-0.05, 0) is 24.5 Å². The van der Waals surface area contributed by atoms with Crippen molar-refractivity contribution in [1.82, 2.24) is 15.0 Å². The summed E-state index contributed by atoms with van der Waals surface area (Å²) in [6, 6.07) is 5.58. The van der Waals surface area contributed by atoms with Crippen molar-refractivity contribution < 1.29 is 17.7 Å². The van der Waals surface area contributed by atoms with Crippen LogP contribution >= 0.6 is 0 Å². The van der Waals surface area contributed by atoms with Crippen molar-refractivity contribution in [2.45, 2.75) is 57.3 Å². The molecule has 1 aromatic carbocycles. The first-order chi connectivity index (χ1) is 13.0. The second-order valence-corrected chi connectivity index (χ2v) is 6.88. The fourth-order valence-corrected chi connectivity index (χ4v) is 3.52. The number of nitrogens with zero attached hydrogens (tertiary/aromatic N) is 3. The van der Waals surface area contributed by atoms with E-state index in [1.807, 2.05) is 0 Å². The molecule has 0 amide bonds.